The number of nitrogens with one attached hydrogen (secondary N) is 1. The molecule has 0 fully saturated rings. The smallest absolute Gasteiger partial charge is 0.278 e. The van der Waals surface area contributed by atoms with Gasteiger partial charge in [-0.05, 0) is 0 Å². The molecule has 0 atom stereocenters. The van der Waals surface area contributed by atoms with E-state index < -0.39 is 11.7 Å². The average molecular weight is 160 g/mol. The summed E-state index contributed by atoms with van der Waals surface area (Å²) in [7, 11) is 0. The van der Waals surface area contributed by atoms with Gasteiger partial charge >= 0.3 is 0 Å². The lowest BCUT2D eigenvalue weighted by molar-refractivity contribution is -0.116. The standard InChI is InChI=1S/C6H9FN2O2/c7-5(6(8)11)4-9-2-1-3-10/h3-4,9H,1-2H2,(H2,8,11)/b5-4+. The molecule has 0 saturated heterocycles. The second-order valence-electron chi connectivity index (χ2n) is 1.77. The number of amides is 1. The van der Waals surface area contributed by atoms with Crippen molar-refractivity contribution in [2.75, 3.05) is 6.54 Å². The van der Waals surface area contributed by atoms with E-state index in [-0.39, 0.29) is 6.42 Å². The zero-order chi connectivity index (χ0) is 8.69. The lowest BCUT2D eigenvalue weighted by Gasteiger charge is -1.94. The molecule has 3 N–H and O–H groups in total. The van der Waals surface area contributed by atoms with Crippen LogP contribution in [0.1, 0.15) is 6.42 Å². The molecule has 0 rings (SSSR count). The van der Waals surface area contributed by atoms with Crippen molar-refractivity contribution < 1.29 is 14.0 Å². The molecule has 0 heterocycles. The lowest BCUT2D eigenvalue weighted by Crippen LogP contribution is -2.15. The molecule has 0 unspecified atom stereocenters. The minimum absolute atomic E-state index is 0.266. The van der Waals surface area contributed by atoms with E-state index in [2.05, 4.69) is 11.1 Å². The van der Waals surface area contributed by atoms with Crippen LogP contribution < -0.4 is 11.1 Å². The summed E-state index contributed by atoms with van der Waals surface area (Å²) < 4.78 is 12.2. The van der Waals surface area contributed by atoms with E-state index in [1.165, 1.54) is 0 Å². The van der Waals surface area contributed by atoms with Gasteiger partial charge in [0.15, 0.2) is 0 Å². The summed E-state index contributed by atoms with van der Waals surface area (Å²) in [4.78, 5) is 19.8. The molecule has 62 valence electrons. The van der Waals surface area contributed by atoms with Crippen molar-refractivity contribution in [1.82, 2.24) is 5.32 Å². The van der Waals surface area contributed by atoms with E-state index in [1.54, 1.807) is 0 Å². The van der Waals surface area contributed by atoms with Gasteiger partial charge in [-0.15, -0.1) is 0 Å². The first-order valence-electron chi connectivity index (χ1n) is 3.01. The van der Waals surface area contributed by atoms with Gasteiger partial charge in [0.1, 0.15) is 6.29 Å². The van der Waals surface area contributed by atoms with Crippen LogP contribution in [0.3, 0.4) is 0 Å². The van der Waals surface area contributed by atoms with Crippen molar-refractivity contribution in [1.29, 1.82) is 0 Å². The third kappa shape index (κ3) is 5.07. The summed E-state index contributed by atoms with van der Waals surface area (Å²) in [6.07, 6.45) is 1.79. The zero-order valence-corrected chi connectivity index (χ0v) is 5.84. The molecule has 0 spiro atoms. The lowest BCUT2D eigenvalue weighted by atomic mass is 10.4. The van der Waals surface area contributed by atoms with Crippen LogP contribution >= 0.6 is 0 Å². The Morgan fingerprint density at radius 3 is 2.73 bits per heavy atom. The normalized spacial score (nSPS) is 10.8. The van der Waals surface area contributed by atoms with Crippen LogP contribution in [-0.4, -0.2) is 18.7 Å². The Hall–Kier alpha value is -1.39. The predicted molar refractivity (Wildman–Crippen MR) is 37.1 cm³/mol. The Balaban J connectivity index is 3.56. The van der Waals surface area contributed by atoms with E-state index in [4.69, 9.17) is 0 Å². The minimum Gasteiger partial charge on any atom is -0.388 e. The maximum Gasteiger partial charge on any atom is 0.278 e. The number of primary amides is 1. The molecule has 5 heteroatoms. The Morgan fingerprint density at radius 2 is 2.27 bits per heavy atom. The fourth-order valence-corrected chi connectivity index (χ4v) is 0.375. The van der Waals surface area contributed by atoms with Crippen LogP contribution in [0.4, 0.5) is 4.39 Å². The summed E-state index contributed by atoms with van der Waals surface area (Å²) in [6, 6.07) is 0. The Labute approximate surface area is 63.3 Å². The fraction of sp³-hybridized carbons (Fsp3) is 0.333. The van der Waals surface area contributed by atoms with Crippen molar-refractivity contribution in [2.45, 2.75) is 6.42 Å². The fourth-order valence-electron chi connectivity index (χ4n) is 0.375. The quantitative estimate of drug-likeness (QED) is 0.322. The first-order chi connectivity index (χ1) is 5.18. The van der Waals surface area contributed by atoms with Crippen LogP contribution in [0.25, 0.3) is 0 Å². The van der Waals surface area contributed by atoms with E-state index in [9.17, 15) is 14.0 Å². The molecular formula is C6H9FN2O2. The molecule has 0 radical (unpaired) electrons. The summed E-state index contributed by atoms with van der Waals surface area (Å²) in [5.74, 6) is -2.17. The predicted octanol–water partition coefficient (Wildman–Crippen LogP) is -0.539. The molecule has 4 nitrogen and oxygen atoms in total. The van der Waals surface area contributed by atoms with Gasteiger partial charge in [0.25, 0.3) is 5.91 Å². The van der Waals surface area contributed by atoms with Crippen LogP contribution in [-0.2, 0) is 9.59 Å². The highest BCUT2D eigenvalue weighted by Crippen LogP contribution is 1.89. The Kier molecular flexibility index (Phi) is 4.72. The molecule has 0 saturated carbocycles. The monoisotopic (exact) mass is 160 g/mol. The van der Waals surface area contributed by atoms with Gasteiger partial charge in [-0.1, -0.05) is 0 Å². The van der Waals surface area contributed by atoms with Gasteiger partial charge in [-0.3, -0.25) is 4.79 Å². The number of hydrogen-bond acceptors (Lipinski definition) is 3. The molecule has 0 aliphatic rings. The summed E-state index contributed by atoms with van der Waals surface area (Å²) in [5, 5.41) is 2.40. The van der Waals surface area contributed by atoms with Crippen molar-refractivity contribution >= 4 is 12.2 Å². The molecule has 0 aromatic heterocycles. The maximum absolute atomic E-state index is 12.2. The van der Waals surface area contributed by atoms with Crippen LogP contribution in [0.15, 0.2) is 12.0 Å². The third-order valence-electron chi connectivity index (χ3n) is 0.871. The largest absolute Gasteiger partial charge is 0.388 e. The van der Waals surface area contributed by atoms with Crippen molar-refractivity contribution in [2.24, 2.45) is 5.73 Å². The first kappa shape index (κ1) is 9.61. The highest BCUT2D eigenvalue weighted by Gasteiger charge is 1.99. The topological polar surface area (TPSA) is 72.2 Å². The van der Waals surface area contributed by atoms with Crippen molar-refractivity contribution in [3.63, 3.8) is 0 Å². The van der Waals surface area contributed by atoms with Crippen molar-refractivity contribution in [3.8, 4) is 0 Å². The molecule has 1 amide bonds. The average Bonchev–Trinajstić information content (AvgIpc) is 1.97. The first-order valence-corrected chi connectivity index (χ1v) is 3.01. The number of nitrogens with two attached hydrogens (primary N) is 1. The maximum atomic E-state index is 12.2. The molecule has 0 aromatic rings. The molecule has 11 heavy (non-hydrogen) atoms. The van der Waals surface area contributed by atoms with Crippen LogP contribution in [0, 0.1) is 0 Å². The SMILES string of the molecule is NC(=O)/C(F)=C\NCCC=O. The number of halogens is 1. The van der Waals surface area contributed by atoms with Crippen LogP contribution in [0.2, 0.25) is 0 Å². The summed E-state index contributed by atoms with van der Waals surface area (Å²) in [5.41, 5.74) is 4.56. The number of carbonyl (C=O) groups is 2. The van der Waals surface area contributed by atoms with Crippen LogP contribution in [0.5, 0.6) is 0 Å². The van der Waals surface area contributed by atoms with Gasteiger partial charge in [0.2, 0.25) is 5.83 Å². The summed E-state index contributed by atoms with van der Waals surface area (Å²) in [6.45, 7) is 0.296. The van der Waals surface area contributed by atoms with E-state index in [0.717, 1.165) is 6.20 Å². The highest BCUT2D eigenvalue weighted by atomic mass is 19.1. The van der Waals surface area contributed by atoms with Gasteiger partial charge < -0.3 is 15.8 Å². The third-order valence-corrected chi connectivity index (χ3v) is 0.871. The van der Waals surface area contributed by atoms with Gasteiger partial charge in [0, 0.05) is 19.2 Å². The molecule has 0 aromatic carbocycles. The van der Waals surface area contributed by atoms with E-state index >= 15 is 0 Å². The zero-order valence-electron chi connectivity index (χ0n) is 5.84. The number of hydrogen-bond donors (Lipinski definition) is 2. The second-order valence-corrected chi connectivity index (χ2v) is 1.77. The number of carbonyl (C=O) groups excluding carboxylic acids is 2. The minimum atomic E-state index is -1.12. The van der Waals surface area contributed by atoms with Gasteiger partial charge in [-0.25, -0.2) is 0 Å². The Bertz CT molecular complexity index is 179. The van der Waals surface area contributed by atoms with Gasteiger partial charge in [-0.2, -0.15) is 4.39 Å². The Morgan fingerprint density at radius 1 is 1.64 bits per heavy atom. The summed E-state index contributed by atoms with van der Waals surface area (Å²) >= 11 is 0. The number of rotatable bonds is 5. The molecule has 0 aliphatic heterocycles. The number of aldehydes is 1. The molecule has 0 aliphatic carbocycles. The molecular weight excluding hydrogens is 151 g/mol. The second kappa shape index (κ2) is 5.40. The van der Waals surface area contributed by atoms with Gasteiger partial charge in [0.05, 0.1) is 0 Å². The molecule has 0 bridgehead atoms. The highest BCUT2D eigenvalue weighted by molar-refractivity contribution is 5.89. The van der Waals surface area contributed by atoms with E-state index in [1.807, 2.05) is 0 Å². The van der Waals surface area contributed by atoms with E-state index in [0.29, 0.717) is 12.8 Å². The van der Waals surface area contributed by atoms with Crippen molar-refractivity contribution in [3.05, 3.63) is 12.0 Å².